The Morgan fingerprint density at radius 3 is 2.47 bits per heavy atom. The van der Waals surface area contributed by atoms with E-state index in [1.807, 2.05) is 0 Å². The molecule has 0 saturated heterocycles. The number of rotatable bonds is 3. The number of carbonyl (C=O) groups excluding carboxylic acids is 2. The van der Waals surface area contributed by atoms with Crippen LogP contribution in [0.1, 0.15) is 12.5 Å². The highest BCUT2D eigenvalue weighted by Gasteiger charge is 2.31. The Morgan fingerprint density at radius 1 is 1.32 bits per heavy atom. The van der Waals surface area contributed by atoms with Crippen molar-refractivity contribution in [3.8, 4) is 0 Å². The van der Waals surface area contributed by atoms with Gasteiger partial charge < -0.3 is 10.6 Å². The molecule has 104 valence electrons. The van der Waals surface area contributed by atoms with Crippen LogP contribution in [0.5, 0.6) is 0 Å². The van der Waals surface area contributed by atoms with Gasteiger partial charge in [0.15, 0.2) is 0 Å². The van der Waals surface area contributed by atoms with E-state index >= 15 is 0 Å². The van der Waals surface area contributed by atoms with Crippen LogP contribution in [0.4, 0.5) is 18.9 Å². The van der Waals surface area contributed by atoms with Gasteiger partial charge in [-0.1, -0.05) is 11.6 Å². The summed E-state index contributed by atoms with van der Waals surface area (Å²) < 4.78 is 37.4. The van der Waals surface area contributed by atoms with E-state index in [0.29, 0.717) is 0 Å². The molecule has 0 spiro atoms. The van der Waals surface area contributed by atoms with Gasteiger partial charge in [0.25, 0.3) is 0 Å². The fourth-order valence-corrected chi connectivity index (χ4v) is 1.36. The number of benzene rings is 1. The van der Waals surface area contributed by atoms with Gasteiger partial charge in [0, 0.05) is 6.92 Å². The lowest BCUT2D eigenvalue weighted by Gasteiger charge is -2.11. The van der Waals surface area contributed by atoms with Crippen LogP contribution in [0.2, 0.25) is 5.02 Å². The van der Waals surface area contributed by atoms with Crippen LogP contribution in [0.3, 0.4) is 0 Å². The second-order valence-corrected chi connectivity index (χ2v) is 4.06. The third-order valence-electron chi connectivity index (χ3n) is 2.07. The molecule has 0 aliphatic carbocycles. The first-order chi connectivity index (χ1) is 8.70. The first-order valence-corrected chi connectivity index (χ1v) is 5.49. The van der Waals surface area contributed by atoms with Gasteiger partial charge in [-0.25, -0.2) is 0 Å². The van der Waals surface area contributed by atoms with Crippen LogP contribution in [-0.4, -0.2) is 18.4 Å². The fraction of sp³-hybridized carbons (Fsp3) is 0.273. The number of hydrogen-bond acceptors (Lipinski definition) is 2. The predicted molar refractivity (Wildman–Crippen MR) is 63.8 cm³/mol. The Morgan fingerprint density at radius 2 is 1.95 bits per heavy atom. The second-order valence-electron chi connectivity index (χ2n) is 3.65. The summed E-state index contributed by atoms with van der Waals surface area (Å²) in [6, 6.07) is 2.58. The highest BCUT2D eigenvalue weighted by atomic mass is 35.5. The lowest BCUT2D eigenvalue weighted by atomic mass is 10.2. The summed E-state index contributed by atoms with van der Waals surface area (Å²) >= 11 is 5.68. The SMILES string of the molecule is CC(=O)NCC(=O)Nc1cc(C(F)(F)F)ccc1Cl. The monoisotopic (exact) mass is 294 g/mol. The molecule has 0 saturated carbocycles. The molecule has 0 aliphatic rings. The summed E-state index contributed by atoms with van der Waals surface area (Å²) in [4.78, 5) is 22.0. The molecule has 0 atom stereocenters. The summed E-state index contributed by atoms with van der Waals surface area (Å²) in [7, 11) is 0. The molecule has 0 radical (unpaired) electrons. The Kier molecular flexibility index (Phi) is 4.77. The van der Waals surface area contributed by atoms with Crippen molar-refractivity contribution in [2.24, 2.45) is 0 Å². The summed E-state index contributed by atoms with van der Waals surface area (Å²) in [6.45, 7) is 0.868. The zero-order valence-electron chi connectivity index (χ0n) is 9.77. The normalized spacial score (nSPS) is 11.0. The van der Waals surface area contributed by atoms with Crippen molar-refractivity contribution in [3.63, 3.8) is 0 Å². The molecule has 1 aromatic carbocycles. The molecule has 0 heterocycles. The summed E-state index contributed by atoms with van der Waals surface area (Å²) in [5, 5.41) is 4.38. The lowest BCUT2D eigenvalue weighted by molar-refractivity contribution is -0.137. The van der Waals surface area contributed by atoms with Gasteiger partial charge in [-0.05, 0) is 18.2 Å². The maximum atomic E-state index is 12.5. The first kappa shape index (κ1) is 15.3. The number of amides is 2. The zero-order valence-corrected chi connectivity index (χ0v) is 10.5. The molecule has 4 nitrogen and oxygen atoms in total. The van der Waals surface area contributed by atoms with Crippen LogP contribution in [0.15, 0.2) is 18.2 Å². The summed E-state index contributed by atoms with van der Waals surface area (Å²) in [5.74, 6) is -1.10. The van der Waals surface area contributed by atoms with Crippen molar-refractivity contribution in [3.05, 3.63) is 28.8 Å². The number of carbonyl (C=O) groups is 2. The summed E-state index contributed by atoms with van der Waals surface area (Å²) in [6.07, 6.45) is -4.53. The number of nitrogens with one attached hydrogen (secondary N) is 2. The largest absolute Gasteiger partial charge is 0.416 e. The van der Waals surface area contributed by atoms with Crippen molar-refractivity contribution < 1.29 is 22.8 Å². The van der Waals surface area contributed by atoms with Crippen molar-refractivity contribution in [2.75, 3.05) is 11.9 Å². The number of anilines is 1. The molecule has 8 heteroatoms. The van der Waals surface area contributed by atoms with E-state index in [4.69, 9.17) is 11.6 Å². The van der Waals surface area contributed by atoms with Crippen molar-refractivity contribution >= 4 is 29.1 Å². The average Bonchev–Trinajstić information content (AvgIpc) is 2.28. The fourth-order valence-electron chi connectivity index (χ4n) is 1.20. The third-order valence-corrected chi connectivity index (χ3v) is 2.40. The van der Waals surface area contributed by atoms with E-state index in [9.17, 15) is 22.8 Å². The lowest BCUT2D eigenvalue weighted by Crippen LogP contribution is -2.31. The minimum Gasteiger partial charge on any atom is -0.347 e. The quantitative estimate of drug-likeness (QED) is 0.899. The van der Waals surface area contributed by atoms with Gasteiger partial charge in [0.05, 0.1) is 22.8 Å². The van der Waals surface area contributed by atoms with E-state index < -0.39 is 23.6 Å². The zero-order chi connectivity index (χ0) is 14.6. The van der Waals surface area contributed by atoms with Crippen LogP contribution >= 0.6 is 11.6 Å². The Labute approximate surface area is 111 Å². The van der Waals surface area contributed by atoms with E-state index in [1.165, 1.54) is 6.92 Å². The van der Waals surface area contributed by atoms with Gasteiger partial charge in [-0.2, -0.15) is 13.2 Å². The Bertz CT molecular complexity index is 503. The van der Waals surface area contributed by atoms with Gasteiger partial charge in [-0.3, -0.25) is 9.59 Å². The molecule has 19 heavy (non-hydrogen) atoms. The number of halogens is 4. The highest BCUT2D eigenvalue weighted by Crippen LogP contribution is 2.33. The minimum absolute atomic E-state index is 0.0239. The van der Waals surface area contributed by atoms with Crippen molar-refractivity contribution in [1.82, 2.24) is 5.32 Å². The molecule has 1 aromatic rings. The maximum absolute atomic E-state index is 12.5. The van der Waals surface area contributed by atoms with Crippen LogP contribution < -0.4 is 10.6 Å². The van der Waals surface area contributed by atoms with Crippen LogP contribution in [-0.2, 0) is 15.8 Å². The van der Waals surface area contributed by atoms with Gasteiger partial charge in [0.2, 0.25) is 11.8 Å². The molecular formula is C11H10ClF3N2O2. The van der Waals surface area contributed by atoms with Crippen LogP contribution in [0.25, 0.3) is 0 Å². The van der Waals surface area contributed by atoms with Gasteiger partial charge in [0.1, 0.15) is 0 Å². The molecule has 1 rings (SSSR count). The summed E-state index contributed by atoms with van der Waals surface area (Å²) in [5.41, 5.74) is -1.08. The van der Waals surface area contributed by atoms with E-state index in [-0.39, 0.29) is 17.3 Å². The van der Waals surface area contributed by atoms with Gasteiger partial charge in [-0.15, -0.1) is 0 Å². The smallest absolute Gasteiger partial charge is 0.347 e. The molecule has 0 aliphatic heterocycles. The Hall–Kier alpha value is -1.76. The maximum Gasteiger partial charge on any atom is 0.416 e. The average molecular weight is 295 g/mol. The van der Waals surface area contributed by atoms with Crippen molar-refractivity contribution in [2.45, 2.75) is 13.1 Å². The van der Waals surface area contributed by atoms with E-state index in [2.05, 4.69) is 10.6 Å². The standard InChI is InChI=1S/C11H10ClF3N2O2/c1-6(18)16-5-10(19)17-9-4-7(11(13,14)15)2-3-8(9)12/h2-4H,5H2,1H3,(H,16,18)(H,17,19). The highest BCUT2D eigenvalue weighted by molar-refractivity contribution is 6.33. The van der Waals surface area contributed by atoms with Crippen molar-refractivity contribution in [1.29, 1.82) is 0 Å². The Balaban J connectivity index is 2.83. The molecule has 0 unspecified atom stereocenters. The van der Waals surface area contributed by atoms with Gasteiger partial charge >= 0.3 is 6.18 Å². The van der Waals surface area contributed by atoms with E-state index in [0.717, 1.165) is 18.2 Å². The molecule has 0 fully saturated rings. The van der Waals surface area contributed by atoms with E-state index in [1.54, 1.807) is 0 Å². The molecule has 2 N–H and O–H groups in total. The third kappa shape index (κ3) is 4.78. The second kappa shape index (κ2) is 5.92. The first-order valence-electron chi connectivity index (χ1n) is 5.11. The minimum atomic E-state index is -4.53. The number of alkyl halides is 3. The molecule has 0 aromatic heterocycles. The van der Waals surface area contributed by atoms with Crippen LogP contribution in [0, 0.1) is 0 Å². The molecule has 0 bridgehead atoms. The molecule has 2 amide bonds. The molecular weight excluding hydrogens is 285 g/mol. The number of hydrogen-bond donors (Lipinski definition) is 2. The topological polar surface area (TPSA) is 58.2 Å². The predicted octanol–water partition coefficient (Wildman–Crippen LogP) is 2.43.